The highest BCUT2D eigenvalue weighted by Gasteiger charge is 2.21. The number of carbonyl (C=O) groups excluding carboxylic acids is 2. The van der Waals surface area contributed by atoms with E-state index in [1.165, 1.54) is 0 Å². The number of nitrogens with one attached hydrogen (secondary N) is 1. The van der Waals surface area contributed by atoms with E-state index in [1.807, 2.05) is 43.0 Å². The Morgan fingerprint density at radius 1 is 1.12 bits per heavy atom. The van der Waals surface area contributed by atoms with Crippen LogP contribution in [0.1, 0.15) is 44.0 Å². The van der Waals surface area contributed by atoms with Gasteiger partial charge in [0.15, 0.2) is 0 Å². The van der Waals surface area contributed by atoms with Crippen LogP contribution in [0.5, 0.6) is 0 Å². The van der Waals surface area contributed by atoms with Crippen molar-refractivity contribution in [2.24, 2.45) is 5.92 Å². The molecule has 1 aromatic carbocycles. The van der Waals surface area contributed by atoms with Crippen molar-refractivity contribution >= 4 is 17.5 Å². The molecule has 0 atom stereocenters. The van der Waals surface area contributed by atoms with Crippen molar-refractivity contribution < 1.29 is 9.59 Å². The van der Waals surface area contributed by atoms with Crippen molar-refractivity contribution in [2.45, 2.75) is 33.6 Å². The lowest BCUT2D eigenvalue weighted by Gasteiger charge is -2.30. The van der Waals surface area contributed by atoms with Gasteiger partial charge in [0, 0.05) is 37.4 Å². The lowest BCUT2D eigenvalue weighted by molar-refractivity contribution is -0.128. The van der Waals surface area contributed by atoms with E-state index in [4.69, 9.17) is 0 Å². The molecule has 0 saturated carbocycles. The van der Waals surface area contributed by atoms with Crippen molar-refractivity contribution in [2.75, 3.05) is 38.0 Å². The number of amides is 2. The van der Waals surface area contributed by atoms with E-state index in [0.717, 1.165) is 44.7 Å². The van der Waals surface area contributed by atoms with Gasteiger partial charge >= 0.3 is 0 Å². The second-order valence-electron chi connectivity index (χ2n) is 6.47. The van der Waals surface area contributed by atoms with Crippen molar-refractivity contribution in [1.29, 1.82) is 0 Å². The number of hydrogen-bond acceptors (Lipinski definition) is 3. The first-order valence-electron chi connectivity index (χ1n) is 8.96. The quantitative estimate of drug-likeness (QED) is 0.872. The van der Waals surface area contributed by atoms with Crippen LogP contribution < -0.4 is 5.32 Å². The summed E-state index contributed by atoms with van der Waals surface area (Å²) in [5, 5.41) is 3.13. The van der Waals surface area contributed by atoms with Crippen LogP contribution in [0.2, 0.25) is 0 Å². The molecule has 0 spiro atoms. The first-order valence-corrected chi connectivity index (χ1v) is 8.96. The number of anilines is 1. The summed E-state index contributed by atoms with van der Waals surface area (Å²) >= 11 is 0. The molecule has 0 radical (unpaired) electrons. The number of nitrogens with zero attached hydrogens (tertiary/aromatic N) is 2. The van der Waals surface area contributed by atoms with Crippen LogP contribution in [-0.2, 0) is 4.79 Å². The fourth-order valence-corrected chi connectivity index (χ4v) is 2.99. The van der Waals surface area contributed by atoms with Crippen LogP contribution in [-0.4, -0.2) is 54.3 Å². The molecule has 1 aliphatic rings. The summed E-state index contributed by atoms with van der Waals surface area (Å²) in [5.74, 6) is 0.902. The molecule has 2 amide bonds. The Bertz CT molecular complexity index is 544. The third-order valence-electron chi connectivity index (χ3n) is 4.76. The lowest BCUT2D eigenvalue weighted by atomic mass is 9.98. The summed E-state index contributed by atoms with van der Waals surface area (Å²) < 4.78 is 0. The second kappa shape index (κ2) is 8.71. The van der Waals surface area contributed by atoms with Crippen molar-refractivity contribution in [3.05, 3.63) is 29.8 Å². The summed E-state index contributed by atoms with van der Waals surface area (Å²) in [6, 6.07) is 7.42. The highest BCUT2D eigenvalue weighted by atomic mass is 16.2. The first kappa shape index (κ1) is 18.3. The zero-order valence-electron chi connectivity index (χ0n) is 15.0. The summed E-state index contributed by atoms with van der Waals surface area (Å²) in [4.78, 5) is 28.2. The van der Waals surface area contributed by atoms with Gasteiger partial charge in [-0.2, -0.15) is 0 Å². The van der Waals surface area contributed by atoms with Gasteiger partial charge in [-0.05, 0) is 56.9 Å². The Morgan fingerprint density at radius 3 is 2.25 bits per heavy atom. The Hall–Kier alpha value is -2.04. The van der Waals surface area contributed by atoms with Crippen LogP contribution in [0.15, 0.2) is 24.3 Å². The van der Waals surface area contributed by atoms with Gasteiger partial charge in [-0.1, -0.05) is 6.92 Å². The third-order valence-corrected chi connectivity index (χ3v) is 4.76. The molecule has 0 unspecified atom stereocenters. The Morgan fingerprint density at radius 2 is 1.71 bits per heavy atom. The van der Waals surface area contributed by atoms with Crippen LogP contribution in [0.3, 0.4) is 0 Å². The molecule has 0 aromatic heterocycles. The normalized spacial score (nSPS) is 15.2. The molecular formula is C19H29N3O2. The summed E-state index contributed by atoms with van der Waals surface area (Å²) in [6.07, 6.45) is 2.16. The van der Waals surface area contributed by atoms with Crippen LogP contribution in [0.4, 0.5) is 5.69 Å². The molecule has 132 valence electrons. The number of likely N-dealkylation sites (N-methyl/N-ethyl adjacent to an activating group) is 1. The van der Waals surface area contributed by atoms with E-state index in [0.29, 0.717) is 11.5 Å². The minimum absolute atomic E-state index is 0.0857. The summed E-state index contributed by atoms with van der Waals surface area (Å²) in [6.45, 7) is 9.60. The molecule has 1 aromatic rings. The van der Waals surface area contributed by atoms with E-state index >= 15 is 0 Å². The average Bonchev–Trinajstić information content (AvgIpc) is 2.61. The number of hydrogen-bond donors (Lipinski definition) is 1. The molecule has 2 rings (SSSR count). The molecule has 1 heterocycles. The number of rotatable bonds is 6. The van der Waals surface area contributed by atoms with Gasteiger partial charge in [-0.3, -0.25) is 9.59 Å². The molecule has 1 saturated heterocycles. The fraction of sp³-hybridized carbons (Fsp3) is 0.579. The predicted octanol–water partition coefficient (Wildman–Crippen LogP) is 2.84. The maximum Gasteiger partial charge on any atom is 0.253 e. The van der Waals surface area contributed by atoms with Gasteiger partial charge in [-0.15, -0.1) is 0 Å². The van der Waals surface area contributed by atoms with Gasteiger partial charge < -0.3 is 15.1 Å². The van der Waals surface area contributed by atoms with Crippen LogP contribution in [0, 0.1) is 5.92 Å². The maximum absolute atomic E-state index is 12.5. The zero-order chi connectivity index (χ0) is 17.5. The zero-order valence-corrected chi connectivity index (χ0v) is 15.0. The fourth-order valence-electron chi connectivity index (χ4n) is 2.99. The molecule has 1 aliphatic heterocycles. The number of likely N-dealkylation sites (tertiary alicyclic amines) is 1. The standard InChI is InChI=1S/C19H29N3O2/c1-4-21(5-2)18(23)14-20-17-8-6-16(7-9-17)19(24)22-12-10-15(3)11-13-22/h6-9,15,20H,4-5,10-14H2,1-3H3. The molecule has 5 nitrogen and oxygen atoms in total. The summed E-state index contributed by atoms with van der Waals surface area (Å²) in [5.41, 5.74) is 1.57. The minimum atomic E-state index is 0.0857. The van der Waals surface area contributed by atoms with E-state index in [2.05, 4.69) is 12.2 Å². The van der Waals surface area contributed by atoms with Gasteiger partial charge in [-0.25, -0.2) is 0 Å². The molecule has 0 aliphatic carbocycles. The maximum atomic E-state index is 12.5. The second-order valence-corrected chi connectivity index (χ2v) is 6.47. The van der Waals surface area contributed by atoms with Gasteiger partial charge in [0.1, 0.15) is 0 Å². The van der Waals surface area contributed by atoms with Gasteiger partial charge in [0.25, 0.3) is 5.91 Å². The van der Waals surface area contributed by atoms with E-state index in [-0.39, 0.29) is 18.4 Å². The largest absolute Gasteiger partial charge is 0.376 e. The van der Waals surface area contributed by atoms with E-state index < -0.39 is 0 Å². The first-order chi connectivity index (χ1) is 11.5. The Labute approximate surface area is 145 Å². The van der Waals surface area contributed by atoms with Crippen LogP contribution >= 0.6 is 0 Å². The number of carbonyl (C=O) groups is 2. The Kier molecular flexibility index (Phi) is 6.64. The number of benzene rings is 1. The minimum Gasteiger partial charge on any atom is -0.376 e. The third kappa shape index (κ3) is 4.73. The highest BCUT2D eigenvalue weighted by molar-refractivity contribution is 5.94. The van der Waals surface area contributed by atoms with Gasteiger partial charge in [0.2, 0.25) is 5.91 Å². The number of piperidine rings is 1. The van der Waals surface area contributed by atoms with E-state index in [9.17, 15) is 9.59 Å². The highest BCUT2D eigenvalue weighted by Crippen LogP contribution is 2.19. The lowest BCUT2D eigenvalue weighted by Crippen LogP contribution is -2.37. The topological polar surface area (TPSA) is 52.7 Å². The summed E-state index contributed by atoms with van der Waals surface area (Å²) in [7, 11) is 0. The smallest absolute Gasteiger partial charge is 0.253 e. The molecule has 5 heteroatoms. The molecular weight excluding hydrogens is 302 g/mol. The van der Waals surface area contributed by atoms with Gasteiger partial charge in [0.05, 0.1) is 6.54 Å². The molecule has 1 fully saturated rings. The van der Waals surface area contributed by atoms with Crippen molar-refractivity contribution in [3.8, 4) is 0 Å². The van der Waals surface area contributed by atoms with Crippen molar-refractivity contribution in [1.82, 2.24) is 9.80 Å². The van der Waals surface area contributed by atoms with E-state index in [1.54, 1.807) is 4.90 Å². The van der Waals surface area contributed by atoms with Crippen molar-refractivity contribution in [3.63, 3.8) is 0 Å². The predicted molar refractivity (Wildman–Crippen MR) is 97.2 cm³/mol. The molecule has 24 heavy (non-hydrogen) atoms. The van der Waals surface area contributed by atoms with Crippen LogP contribution in [0.25, 0.3) is 0 Å². The Balaban J connectivity index is 1.88. The SMILES string of the molecule is CCN(CC)C(=O)CNc1ccc(C(=O)N2CCC(C)CC2)cc1. The average molecular weight is 331 g/mol. The molecule has 1 N–H and O–H groups in total. The molecule has 0 bridgehead atoms. The monoisotopic (exact) mass is 331 g/mol.